The first-order valence-electron chi connectivity index (χ1n) is 7.92. The van der Waals surface area contributed by atoms with Crippen LogP contribution in [0.4, 0.5) is 0 Å². The number of furan rings is 1. The molecule has 2 aromatic rings. The molecule has 2 rings (SSSR count). The molecule has 1 aromatic heterocycles. The van der Waals surface area contributed by atoms with Crippen molar-refractivity contribution in [3.8, 4) is 17.6 Å². The number of carbonyl (C=O) groups is 2. The maximum absolute atomic E-state index is 12.0. The molecule has 1 N–H and O–H groups in total. The largest absolute Gasteiger partial charge is 0.493 e. The van der Waals surface area contributed by atoms with Gasteiger partial charge >= 0.3 is 5.97 Å². The van der Waals surface area contributed by atoms with Gasteiger partial charge < -0.3 is 19.2 Å². The van der Waals surface area contributed by atoms with Crippen molar-refractivity contribution >= 4 is 18.0 Å². The lowest BCUT2D eigenvalue weighted by Crippen LogP contribution is -2.25. The summed E-state index contributed by atoms with van der Waals surface area (Å²) >= 11 is 0. The molecule has 7 heteroatoms. The zero-order chi connectivity index (χ0) is 18.9. The highest BCUT2D eigenvalue weighted by atomic mass is 16.6. The molecule has 1 heterocycles. The van der Waals surface area contributed by atoms with Crippen LogP contribution in [0.2, 0.25) is 0 Å². The summed E-state index contributed by atoms with van der Waals surface area (Å²) in [5.74, 6) is -0.560. The minimum absolute atomic E-state index is 0.0270. The first kappa shape index (κ1) is 18.8. The lowest BCUT2D eigenvalue weighted by molar-refractivity contribution is -0.117. The Morgan fingerprint density at radius 1 is 1.31 bits per heavy atom. The zero-order valence-electron chi connectivity index (χ0n) is 14.4. The molecule has 0 aliphatic heterocycles. The smallest absolute Gasteiger partial charge is 0.379 e. The van der Waals surface area contributed by atoms with Gasteiger partial charge in [0.15, 0.2) is 11.5 Å². The fourth-order valence-corrected chi connectivity index (χ4v) is 2.05. The number of esters is 1. The van der Waals surface area contributed by atoms with Crippen LogP contribution in [0, 0.1) is 11.3 Å². The van der Waals surface area contributed by atoms with Crippen molar-refractivity contribution in [3.05, 3.63) is 53.5 Å². The quantitative estimate of drug-likeness (QED) is 0.355. The number of amides is 1. The lowest BCUT2D eigenvalue weighted by Gasteiger charge is -2.09. The van der Waals surface area contributed by atoms with Gasteiger partial charge in [-0.05, 0) is 42.3 Å². The second-order valence-electron chi connectivity index (χ2n) is 5.20. The highest BCUT2D eigenvalue weighted by molar-refractivity contribution is 6.01. The monoisotopic (exact) mass is 354 g/mol. The number of ether oxygens (including phenoxy) is 2. The van der Waals surface area contributed by atoms with E-state index in [4.69, 9.17) is 13.9 Å². The van der Waals surface area contributed by atoms with E-state index < -0.39 is 11.9 Å². The molecule has 26 heavy (non-hydrogen) atoms. The molecular weight excluding hydrogens is 336 g/mol. The number of methoxy groups -OCH3 is 1. The van der Waals surface area contributed by atoms with Gasteiger partial charge in [-0.1, -0.05) is 13.0 Å². The minimum Gasteiger partial charge on any atom is -0.493 e. The van der Waals surface area contributed by atoms with E-state index in [2.05, 4.69) is 5.32 Å². The molecule has 1 amide bonds. The lowest BCUT2D eigenvalue weighted by atomic mass is 10.1. The van der Waals surface area contributed by atoms with Gasteiger partial charge in [0.05, 0.1) is 13.4 Å². The Hall–Kier alpha value is -3.53. The van der Waals surface area contributed by atoms with E-state index in [0.717, 1.165) is 6.42 Å². The molecule has 0 aliphatic rings. The average molecular weight is 354 g/mol. The highest BCUT2D eigenvalue weighted by Crippen LogP contribution is 2.29. The van der Waals surface area contributed by atoms with Gasteiger partial charge in [0, 0.05) is 6.54 Å². The average Bonchev–Trinajstić information content (AvgIpc) is 3.19. The summed E-state index contributed by atoms with van der Waals surface area (Å²) in [4.78, 5) is 23.9. The third-order valence-electron chi connectivity index (χ3n) is 3.32. The molecule has 0 saturated carbocycles. The molecular formula is C19H18N2O5. The third kappa shape index (κ3) is 4.74. The van der Waals surface area contributed by atoms with Gasteiger partial charge in [-0.15, -0.1) is 0 Å². The Balaban J connectivity index is 2.22. The second kappa shape index (κ2) is 9.08. The molecule has 0 fully saturated rings. The number of benzene rings is 1. The summed E-state index contributed by atoms with van der Waals surface area (Å²) in [6.45, 7) is 2.41. The normalized spacial score (nSPS) is 10.7. The van der Waals surface area contributed by atoms with Crippen LogP contribution in [-0.4, -0.2) is 25.5 Å². The van der Waals surface area contributed by atoms with Crippen LogP contribution >= 0.6 is 0 Å². The third-order valence-corrected chi connectivity index (χ3v) is 3.32. The van der Waals surface area contributed by atoms with Crippen molar-refractivity contribution in [1.82, 2.24) is 5.32 Å². The summed E-state index contributed by atoms with van der Waals surface area (Å²) in [7, 11) is 1.42. The Bertz CT molecular complexity index is 847. The van der Waals surface area contributed by atoms with Crippen LogP contribution in [0.3, 0.4) is 0 Å². The molecule has 0 aliphatic carbocycles. The van der Waals surface area contributed by atoms with Crippen molar-refractivity contribution in [2.24, 2.45) is 0 Å². The van der Waals surface area contributed by atoms with E-state index in [-0.39, 0.29) is 22.8 Å². The van der Waals surface area contributed by atoms with Crippen molar-refractivity contribution < 1.29 is 23.5 Å². The molecule has 0 saturated heterocycles. The Kier molecular flexibility index (Phi) is 6.57. The fraction of sp³-hybridized carbons (Fsp3) is 0.211. The number of nitrogens with zero attached hydrogens (tertiary/aromatic N) is 1. The standard InChI is InChI=1S/C19H18N2O5/c1-3-8-21-18(22)14(12-20)10-13-6-7-15(17(11-13)24-2)26-19(23)16-5-4-9-25-16/h4-7,9-11H,3,8H2,1-2H3,(H,21,22)/b14-10+. The molecule has 0 bridgehead atoms. The number of nitriles is 1. The van der Waals surface area contributed by atoms with Crippen molar-refractivity contribution in [1.29, 1.82) is 5.26 Å². The van der Waals surface area contributed by atoms with Crippen LogP contribution in [0.1, 0.15) is 29.5 Å². The van der Waals surface area contributed by atoms with Gasteiger partial charge in [-0.25, -0.2) is 4.79 Å². The van der Waals surface area contributed by atoms with Crippen molar-refractivity contribution in [3.63, 3.8) is 0 Å². The molecule has 0 radical (unpaired) electrons. The maximum atomic E-state index is 12.0. The number of rotatable bonds is 7. The van der Waals surface area contributed by atoms with Crippen LogP contribution in [0.5, 0.6) is 11.5 Å². The number of nitrogens with one attached hydrogen (secondary N) is 1. The number of carbonyl (C=O) groups excluding carboxylic acids is 2. The summed E-state index contributed by atoms with van der Waals surface area (Å²) in [6.07, 6.45) is 3.58. The van der Waals surface area contributed by atoms with Gasteiger partial charge in [0.25, 0.3) is 5.91 Å². The predicted octanol–water partition coefficient (Wildman–Crippen LogP) is 2.94. The molecule has 134 valence electrons. The molecule has 0 atom stereocenters. The Morgan fingerprint density at radius 2 is 2.12 bits per heavy atom. The summed E-state index contributed by atoms with van der Waals surface area (Å²) < 4.78 is 15.5. The topological polar surface area (TPSA) is 102 Å². The highest BCUT2D eigenvalue weighted by Gasteiger charge is 2.15. The predicted molar refractivity (Wildman–Crippen MR) is 93.6 cm³/mol. The summed E-state index contributed by atoms with van der Waals surface area (Å²) in [5, 5.41) is 11.8. The molecule has 0 spiro atoms. The van der Waals surface area contributed by atoms with Crippen molar-refractivity contribution in [2.45, 2.75) is 13.3 Å². The van der Waals surface area contributed by atoms with Crippen LogP contribution < -0.4 is 14.8 Å². The van der Waals surface area contributed by atoms with Gasteiger partial charge in [-0.3, -0.25) is 4.79 Å². The van der Waals surface area contributed by atoms with Crippen LogP contribution in [-0.2, 0) is 4.79 Å². The Morgan fingerprint density at radius 3 is 2.73 bits per heavy atom. The van der Waals surface area contributed by atoms with Gasteiger partial charge in [-0.2, -0.15) is 5.26 Å². The number of hydrogen-bond acceptors (Lipinski definition) is 6. The first-order chi connectivity index (χ1) is 12.6. The van der Waals surface area contributed by atoms with E-state index in [1.165, 1.54) is 31.6 Å². The van der Waals surface area contributed by atoms with Crippen LogP contribution in [0.15, 0.2) is 46.6 Å². The van der Waals surface area contributed by atoms with E-state index in [1.54, 1.807) is 18.2 Å². The van der Waals surface area contributed by atoms with E-state index in [9.17, 15) is 14.9 Å². The van der Waals surface area contributed by atoms with Gasteiger partial charge in [0.1, 0.15) is 11.6 Å². The molecule has 0 unspecified atom stereocenters. The maximum Gasteiger partial charge on any atom is 0.379 e. The minimum atomic E-state index is -0.659. The van der Waals surface area contributed by atoms with E-state index >= 15 is 0 Å². The number of hydrogen-bond donors (Lipinski definition) is 1. The van der Waals surface area contributed by atoms with Gasteiger partial charge in [0.2, 0.25) is 5.76 Å². The molecule has 1 aromatic carbocycles. The van der Waals surface area contributed by atoms with E-state index in [0.29, 0.717) is 12.1 Å². The zero-order valence-corrected chi connectivity index (χ0v) is 14.4. The van der Waals surface area contributed by atoms with Crippen molar-refractivity contribution in [2.75, 3.05) is 13.7 Å². The summed E-state index contributed by atoms with van der Waals surface area (Å²) in [5.41, 5.74) is 0.531. The molecule has 7 nitrogen and oxygen atoms in total. The fourth-order valence-electron chi connectivity index (χ4n) is 2.05. The SMILES string of the molecule is CCCNC(=O)/C(C#N)=C/c1ccc(OC(=O)c2ccco2)c(OC)c1. The van der Waals surface area contributed by atoms with E-state index in [1.807, 2.05) is 13.0 Å². The second-order valence-corrected chi connectivity index (χ2v) is 5.20. The first-order valence-corrected chi connectivity index (χ1v) is 7.92. The van der Waals surface area contributed by atoms with Crippen LogP contribution in [0.25, 0.3) is 6.08 Å². The Labute approximate surface area is 150 Å². The summed E-state index contributed by atoms with van der Waals surface area (Å²) in [6, 6.07) is 9.63.